The molecule has 9 heteroatoms. The van der Waals surface area contributed by atoms with Gasteiger partial charge in [0.2, 0.25) is 0 Å². The van der Waals surface area contributed by atoms with E-state index in [1.165, 1.54) is 83.5 Å². The molecule has 0 aromatic heterocycles. The average Bonchev–Trinajstić information content (AvgIpc) is 3.13. The van der Waals surface area contributed by atoms with Gasteiger partial charge in [-0.3, -0.25) is 9.36 Å². The van der Waals surface area contributed by atoms with Crippen LogP contribution in [-0.2, 0) is 27.9 Å². The lowest BCUT2D eigenvalue weighted by molar-refractivity contribution is -0.870. The first kappa shape index (κ1) is 52.8. The van der Waals surface area contributed by atoms with Gasteiger partial charge in [-0.1, -0.05) is 158 Å². The Morgan fingerprint density at radius 3 is 1.58 bits per heavy atom. The summed E-state index contributed by atoms with van der Waals surface area (Å²) in [7, 11) is 1.28. The average molecular weight is 792 g/mol. The number of likely N-dealkylation sites (N-methyl/N-ethyl adjacent to an activating group) is 1. The topological polar surface area (TPSA) is 94.1 Å². The summed E-state index contributed by atoms with van der Waals surface area (Å²) in [6.07, 6.45) is 50.2. The minimum Gasteiger partial charge on any atom is -0.756 e. The molecule has 55 heavy (non-hydrogen) atoms. The standard InChI is InChI=1S/C46H82NO7P/c1-6-8-10-12-14-16-18-20-22-24-25-27-29-31-33-35-37-39-46(48)54-45(44-53-55(49,50)52-42-40-47(3,4)5)43-51-41-38-36-34-32-30-28-26-23-21-19-17-15-13-11-9-7-2/h8,10,14,16,20,22,25,27,31,33,38,41,45H,6-7,9,11-13,15,17-19,21,23-24,26,28-30,32,34-37,39-40,42-44H2,1-5H3/b10-8+,16-14+,22-20+,27-25+,33-31+,41-38+/t45-/m1/s1. The smallest absolute Gasteiger partial charge is 0.306 e. The van der Waals surface area contributed by atoms with Crippen molar-refractivity contribution in [1.29, 1.82) is 0 Å². The Morgan fingerprint density at radius 1 is 0.600 bits per heavy atom. The molecule has 0 radical (unpaired) electrons. The minimum atomic E-state index is -4.56. The number of hydrogen-bond donors (Lipinski definition) is 0. The van der Waals surface area contributed by atoms with Crippen molar-refractivity contribution >= 4 is 13.8 Å². The van der Waals surface area contributed by atoms with Gasteiger partial charge in [0.05, 0.1) is 34.0 Å². The number of phosphoric ester groups is 1. The summed E-state index contributed by atoms with van der Waals surface area (Å²) in [6, 6.07) is 0. The van der Waals surface area contributed by atoms with Crippen LogP contribution in [0.3, 0.4) is 0 Å². The second kappa shape index (κ2) is 38.6. The second-order valence-electron chi connectivity index (χ2n) is 15.4. The van der Waals surface area contributed by atoms with Crippen molar-refractivity contribution in [2.24, 2.45) is 0 Å². The third-order valence-corrected chi connectivity index (χ3v) is 9.80. The van der Waals surface area contributed by atoms with E-state index in [4.69, 9.17) is 18.5 Å². The van der Waals surface area contributed by atoms with E-state index in [-0.39, 0.29) is 26.2 Å². The molecule has 0 fully saturated rings. The number of nitrogens with zero attached hydrogens (tertiary/aromatic N) is 1. The Morgan fingerprint density at radius 2 is 1.07 bits per heavy atom. The summed E-state index contributed by atoms with van der Waals surface area (Å²) in [5.74, 6) is -0.414. The largest absolute Gasteiger partial charge is 0.756 e. The zero-order valence-corrected chi connectivity index (χ0v) is 36.7. The fraction of sp³-hybridized carbons (Fsp3) is 0.717. The number of quaternary nitrogens is 1. The Kier molecular flexibility index (Phi) is 37.1. The Balaban J connectivity index is 4.41. The molecule has 0 aromatic carbocycles. The number of carbonyl (C=O) groups excluding carboxylic acids is 1. The molecular weight excluding hydrogens is 709 g/mol. The van der Waals surface area contributed by atoms with Crippen molar-refractivity contribution in [2.45, 2.75) is 168 Å². The summed E-state index contributed by atoms with van der Waals surface area (Å²) >= 11 is 0. The molecule has 0 bridgehead atoms. The molecule has 0 aromatic rings. The van der Waals surface area contributed by atoms with Crippen LogP contribution in [0.1, 0.15) is 162 Å². The fourth-order valence-electron chi connectivity index (χ4n) is 5.49. The Hall–Kier alpha value is -2.22. The van der Waals surface area contributed by atoms with Crippen LogP contribution in [-0.4, -0.2) is 64.1 Å². The van der Waals surface area contributed by atoms with E-state index in [0.717, 1.165) is 51.4 Å². The van der Waals surface area contributed by atoms with E-state index in [1.807, 2.05) is 27.2 Å². The van der Waals surface area contributed by atoms with E-state index in [1.54, 1.807) is 6.26 Å². The second-order valence-corrected chi connectivity index (χ2v) is 16.8. The molecule has 0 heterocycles. The Labute approximate surface area is 338 Å². The van der Waals surface area contributed by atoms with Crippen LogP contribution in [0.4, 0.5) is 0 Å². The van der Waals surface area contributed by atoms with Crippen LogP contribution < -0.4 is 4.89 Å². The lowest BCUT2D eigenvalue weighted by Gasteiger charge is -2.28. The highest BCUT2D eigenvalue weighted by atomic mass is 31.2. The zero-order valence-electron chi connectivity index (χ0n) is 35.8. The summed E-state index contributed by atoms with van der Waals surface area (Å²) in [6.45, 7) is 4.54. The van der Waals surface area contributed by atoms with Crippen LogP contribution >= 0.6 is 7.82 Å². The molecule has 0 aliphatic heterocycles. The van der Waals surface area contributed by atoms with Crippen LogP contribution in [0.25, 0.3) is 0 Å². The summed E-state index contributed by atoms with van der Waals surface area (Å²) < 4.78 is 34.2. The van der Waals surface area contributed by atoms with Crippen molar-refractivity contribution in [3.8, 4) is 0 Å². The number of phosphoric acid groups is 1. The fourth-order valence-corrected chi connectivity index (χ4v) is 6.22. The number of allylic oxidation sites excluding steroid dienone is 11. The highest BCUT2D eigenvalue weighted by Crippen LogP contribution is 2.38. The number of carbonyl (C=O) groups is 1. The molecule has 2 atom stereocenters. The van der Waals surface area contributed by atoms with Gasteiger partial charge in [-0.2, -0.15) is 0 Å². The van der Waals surface area contributed by atoms with Gasteiger partial charge in [0.15, 0.2) is 6.10 Å². The summed E-state index contributed by atoms with van der Waals surface area (Å²) in [4.78, 5) is 25.0. The van der Waals surface area contributed by atoms with Gasteiger partial charge in [-0.15, -0.1) is 0 Å². The first-order chi connectivity index (χ1) is 26.6. The molecule has 0 saturated carbocycles. The number of ether oxygens (including phenoxy) is 2. The molecule has 0 amide bonds. The predicted octanol–water partition coefficient (Wildman–Crippen LogP) is 12.4. The van der Waals surface area contributed by atoms with Gasteiger partial charge < -0.3 is 27.9 Å². The highest BCUT2D eigenvalue weighted by molar-refractivity contribution is 7.45. The van der Waals surface area contributed by atoms with Crippen LogP contribution in [0, 0.1) is 0 Å². The van der Waals surface area contributed by atoms with Gasteiger partial charge >= 0.3 is 5.97 Å². The van der Waals surface area contributed by atoms with Crippen molar-refractivity contribution in [1.82, 2.24) is 0 Å². The molecule has 318 valence electrons. The molecule has 0 aliphatic carbocycles. The summed E-state index contributed by atoms with van der Waals surface area (Å²) in [5, 5.41) is 0. The molecule has 8 nitrogen and oxygen atoms in total. The van der Waals surface area contributed by atoms with Crippen LogP contribution in [0.15, 0.2) is 73.1 Å². The first-order valence-corrected chi connectivity index (χ1v) is 23.2. The molecule has 0 spiro atoms. The van der Waals surface area contributed by atoms with Crippen molar-refractivity contribution in [3.63, 3.8) is 0 Å². The van der Waals surface area contributed by atoms with Gasteiger partial charge in [0, 0.05) is 6.42 Å². The number of esters is 1. The normalized spacial score (nSPS) is 14.4. The highest BCUT2D eigenvalue weighted by Gasteiger charge is 2.20. The van der Waals surface area contributed by atoms with Gasteiger partial charge in [0.1, 0.15) is 19.8 Å². The number of rotatable bonds is 39. The Bertz CT molecular complexity index is 1110. The lowest BCUT2D eigenvalue weighted by atomic mass is 10.0. The van der Waals surface area contributed by atoms with Crippen molar-refractivity contribution in [2.75, 3.05) is 47.5 Å². The van der Waals surface area contributed by atoms with Crippen molar-refractivity contribution < 1.29 is 37.3 Å². The van der Waals surface area contributed by atoms with Gasteiger partial charge in [-0.25, -0.2) is 0 Å². The quantitative estimate of drug-likeness (QED) is 0.0153. The van der Waals surface area contributed by atoms with Crippen LogP contribution in [0.5, 0.6) is 0 Å². The van der Waals surface area contributed by atoms with Crippen molar-refractivity contribution in [3.05, 3.63) is 73.1 Å². The van der Waals surface area contributed by atoms with E-state index in [9.17, 15) is 14.3 Å². The third kappa shape index (κ3) is 42.8. The van der Waals surface area contributed by atoms with E-state index in [0.29, 0.717) is 17.4 Å². The molecule has 0 aliphatic rings. The molecule has 0 saturated heterocycles. The van der Waals surface area contributed by atoms with Gasteiger partial charge in [0.25, 0.3) is 7.82 Å². The van der Waals surface area contributed by atoms with E-state index in [2.05, 4.69) is 74.6 Å². The SMILES string of the molecule is CC/C=C/C/C=C/C/C=C/C/C=C/C/C=C/CCCC(=O)O[C@H](CO/C=C/CCCCCCCCCCCCCCCC)COP(=O)([O-])OCC[N+](C)(C)C. The maximum absolute atomic E-state index is 12.6. The van der Waals surface area contributed by atoms with Crippen LogP contribution in [0.2, 0.25) is 0 Å². The third-order valence-electron chi connectivity index (χ3n) is 8.84. The maximum atomic E-state index is 12.6. The molecule has 1 unspecified atom stereocenters. The van der Waals surface area contributed by atoms with Gasteiger partial charge in [-0.05, 0) is 63.9 Å². The predicted molar refractivity (Wildman–Crippen MR) is 231 cm³/mol. The molecular formula is C46H82NO7P. The molecule has 0 N–H and O–H groups in total. The maximum Gasteiger partial charge on any atom is 0.306 e. The molecule has 0 rings (SSSR count). The van der Waals surface area contributed by atoms with E-state index >= 15 is 0 Å². The number of unbranched alkanes of at least 4 members (excludes halogenated alkanes) is 15. The first-order valence-electron chi connectivity index (χ1n) is 21.7. The van der Waals surface area contributed by atoms with E-state index < -0.39 is 19.9 Å². The number of hydrogen-bond acceptors (Lipinski definition) is 7. The minimum absolute atomic E-state index is 0.00300. The summed E-state index contributed by atoms with van der Waals surface area (Å²) in [5.41, 5.74) is 0. The zero-order chi connectivity index (χ0) is 40.6. The monoisotopic (exact) mass is 792 g/mol. The lowest BCUT2D eigenvalue weighted by Crippen LogP contribution is -2.37.